The van der Waals surface area contributed by atoms with E-state index in [0.29, 0.717) is 35.4 Å². The third kappa shape index (κ3) is 4.58. The smallest absolute Gasteiger partial charge is 0.308 e. The number of aryl methyl sites for hydroxylation is 2. The van der Waals surface area contributed by atoms with Gasteiger partial charge in [-0.1, -0.05) is 26.7 Å². The fourth-order valence-corrected chi connectivity index (χ4v) is 4.14. The van der Waals surface area contributed by atoms with Crippen molar-refractivity contribution in [3.63, 3.8) is 0 Å². The third-order valence-electron chi connectivity index (χ3n) is 4.36. The number of carbonyl (C=O) groups is 1. The molecule has 4 nitrogen and oxygen atoms in total. The van der Waals surface area contributed by atoms with Crippen molar-refractivity contribution in [2.75, 3.05) is 0 Å². The van der Waals surface area contributed by atoms with E-state index < -0.39 is 23.4 Å². The summed E-state index contributed by atoms with van der Waals surface area (Å²) >= 11 is 0.974. The molecule has 0 fully saturated rings. The largest absolute Gasteiger partial charge is 0.425 e. The van der Waals surface area contributed by atoms with Crippen LogP contribution < -0.4 is 4.74 Å². The molecule has 0 aliphatic rings. The Labute approximate surface area is 170 Å². The van der Waals surface area contributed by atoms with Gasteiger partial charge < -0.3 is 4.74 Å². The second kappa shape index (κ2) is 8.90. The maximum absolute atomic E-state index is 14.0. The predicted octanol–water partition coefficient (Wildman–Crippen LogP) is 5.53. The summed E-state index contributed by atoms with van der Waals surface area (Å²) in [5.41, 5.74) is 2.00. The highest BCUT2D eigenvalue weighted by atomic mass is 32.1. The second-order valence-corrected chi connectivity index (χ2v) is 7.83. The van der Waals surface area contributed by atoms with Crippen molar-refractivity contribution < 1.29 is 22.7 Å². The van der Waals surface area contributed by atoms with E-state index >= 15 is 0 Å². The molecule has 154 valence electrons. The zero-order valence-corrected chi connectivity index (χ0v) is 17.3. The molecule has 0 aliphatic carbocycles. The first-order valence-electron chi connectivity index (χ1n) is 9.47. The number of ether oxygens (including phenoxy) is 1. The van der Waals surface area contributed by atoms with Crippen molar-refractivity contribution in [2.24, 2.45) is 0 Å². The Morgan fingerprint density at radius 3 is 2.38 bits per heavy atom. The molecule has 1 aromatic carbocycles. The highest BCUT2D eigenvalue weighted by Crippen LogP contribution is 2.32. The van der Waals surface area contributed by atoms with Crippen LogP contribution in [0.3, 0.4) is 0 Å². The molecule has 0 unspecified atom stereocenters. The first kappa shape index (κ1) is 21.2. The summed E-state index contributed by atoms with van der Waals surface area (Å²) in [5, 5.41) is 0.430. The maximum Gasteiger partial charge on any atom is 0.308 e. The quantitative estimate of drug-likeness (QED) is 0.371. The van der Waals surface area contributed by atoms with Gasteiger partial charge in [-0.2, -0.15) is 0 Å². The van der Waals surface area contributed by atoms with Gasteiger partial charge in [0, 0.05) is 25.1 Å². The lowest BCUT2D eigenvalue weighted by atomic mass is 10.0. The second-order valence-electron chi connectivity index (χ2n) is 6.75. The van der Waals surface area contributed by atoms with Gasteiger partial charge in [0.05, 0.1) is 15.4 Å². The molecule has 0 amide bonds. The number of rotatable bonds is 7. The fraction of sp³-hybridized carbons (Fsp3) is 0.381. The number of aromatic nitrogens is 2. The zero-order valence-electron chi connectivity index (χ0n) is 16.4. The van der Waals surface area contributed by atoms with Gasteiger partial charge in [-0.15, -0.1) is 11.3 Å². The highest BCUT2D eigenvalue weighted by Gasteiger charge is 2.20. The van der Waals surface area contributed by atoms with E-state index in [1.54, 1.807) is 6.07 Å². The molecule has 8 heteroatoms. The standard InChI is InChI=1S/C21H21F3N2O2S/c1-4-6-15-12(8-17(28-11(3)27)16(25-15)7-5-2)9-18-26-20-19(24)13(22)10-14(23)21(20)29-18/h8,10H,4-7,9H2,1-3H3. The predicted molar refractivity (Wildman–Crippen MR) is 106 cm³/mol. The SMILES string of the molecule is CCCc1nc(CCC)c(OC(C)=O)cc1Cc1nc2c(F)c(F)cc(F)c2s1. The molecule has 29 heavy (non-hydrogen) atoms. The van der Waals surface area contributed by atoms with Crippen LogP contribution in [0.1, 0.15) is 55.6 Å². The molecule has 0 aliphatic heterocycles. The number of carbonyl (C=O) groups excluding carboxylic acids is 1. The minimum absolute atomic E-state index is 0.0216. The summed E-state index contributed by atoms with van der Waals surface area (Å²) in [4.78, 5) is 20.3. The summed E-state index contributed by atoms with van der Waals surface area (Å²) in [6, 6.07) is 2.28. The van der Waals surface area contributed by atoms with Gasteiger partial charge in [-0.3, -0.25) is 9.78 Å². The minimum atomic E-state index is -1.26. The molecule has 0 atom stereocenters. The van der Waals surface area contributed by atoms with E-state index in [0.717, 1.165) is 35.4 Å². The molecular formula is C21H21F3N2O2S. The van der Waals surface area contributed by atoms with Crippen molar-refractivity contribution in [3.05, 3.63) is 51.5 Å². The van der Waals surface area contributed by atoms with E-state index in [9.17, 15) is 18.0 Å². The van der Waals surface area contributed by atoms with Crippen molar-refractivity contribution in [1.29, 1.82) is 0 Å². The molecule has 0 N–H and O–H groups in total. The van der Waals surface area contributed by atoms with Crippen molar-refractivity contribution in [3.8, 4) is 5.75 Å². The maximum atomic E-state index is 14.0. The molecule has 3 rings (SSSR count). The Balaban J connectivity index is 2.07. The number of fused-ring (bicyclic) bond motifs is 1. The number of benzene rings is 1. The zero-order chi connectivity index (χ0) is 21.1. The van der Waals surface area contributed by atoms with Crippen molar-refractivity contribution >= 4 is 27.5 Å². The molecule has 2 aromatic heterocycles. The van der Waals surface area contributed by atoms with Crippen LogP contribution in [-0.2, 0) is 24.1 Å². The Kier molecular flexibility index (Phi) is 6.52. The Morgan fingerprint density at radius 1 is 1.03 bits per heavy atom. The molecule has 0 saturated carbocycles. The monoisotopic (exact) mass is 422 g/mol. The van der Waals surface area contributed by atoms with E-state index in [1.165, 1.54) is 6.92 Å². The summed E-state index contributed by atoms with van der Waals surface area (Å²) in [5.74, 6) is -3.32. The van der Waals surface area contributed by atoms with Crippen LogP contribution in [0.5, 0.6) is 5.75 Å². The first-order valence-corrected chi connectivity index (χ1v) is 10.3. The number of hydrogen-bond donors (Lipinski definition) is 0. The molecular weight excluding hydrogens is 401 g/mol. The lowest BCUT2D eigenvalue weighted by Crippen LogP contribution is -2.09. The van der Waals surface area contributed by atoms with Gasteiger partial charge in [0.1, 0.15) is 11.3 Å². The average molecular weight is 422 g/mol. The van der Waals surface area contributed by atoms with Gasteiger partial charge in [0.15, 0.2) is 17.4 Å². The van der Waals surface area contributed by atoms with Crippen LogP contribution in [0, 0.1) is 17.5 Å². The van der Waals surface area contributed by atoms with Crippen LogP contribution in [0.4, 0.5) is 13.2 Å². The number of hydrogen-bond acceptors (Lipinski definition) is 5. The Morgan fingerprint density at radius 2 is 1.72 bits per heavy atom. The van der Waals surface area contributed by atoms with Gasteiger partial charge in [0.2, 0.25) is 0 Å². The van der Waals surface area contributed by atoms with Crippen LogP contribution in [0.15, 0.2) is 12.1 Å². The number of esters is 1. The molecule has 0 spiro atoms. The van der Waals surface area contributed by atoms with Crippen LogP contribution in [0.25, 0.3) is 10.2 Å². The molecule has 0 saturated heterocycles. The summed E-state index contributed by atoms with van der Waals surface area (Å²) in [6.45, 7) is 5.36. The summed E-state index contributed by atoms with van der Waals surface area (Å²) < 4.78 is 46.8. The van der Waals surface area contributed by atoms with Gasteiger partial charge >= 0.3 is 5.97 Å². The summed E-state index contributed by atoms with van der Waals surface area (Å²) in [6.07, 6.45) is 3.31. The number of pyridine rings is 1. The molecule has 0 bridgehead atoms. The lowest BCUT2D eigenvalue weighted by molar-refractivity contribution is -0.131. The summed E-state index contributed by atoms with van der Waals surface area (Å²) in [7, 11) is 0. The van der Waals surface area contributed by atoms with Crippen LogP contribution in [-0.4, -0.2) is 15.9 Å². The number of thiazole rings is 1. The van der Waals surface area contributed by atoms with Crippen molar-refractivity contribution in [1.82, 2.24) is 9.97 Å². The topological polar surface area (TPSA) is 52.1 Å². The Hall–Kier alpha value is -2.48. The van der Waals surface area contributed by atoms with E-state index in [1.807, 2.05) is 13.8 Å². The van der Waals surface area contributed by atoms with Crippen molar-refractivity contribution in [2.45, 2.75) is 52.9 Å². The molecule has 2 heterocycles. The first-order chi connectivity index (χ1) is 13.8. The third-order valence-corrected chi connectivity index (χ3v) is 5.42. The fourth-order valence-electron chi connectivity index (χ4n) is 3.15. The number of nitrogens with zero attached hydrogens (tertiary/aromatic N) is 2. The molecule has 3 aromatic rings. The van der Waals surface area contributed by atoms with Gasteiger partial charge in [-0.25, -0.2) is 18.2 Å². The van der Waals surface area contributed by atoms with E-state index in [2.05, 4.69) is 4.98 Å². The van der Waals surface area contributed by atoms with Crippen LogP contribution >= 0.6 is 11.3 Å². The Bertz CT molecular complexity index is 1070. The van der Waals surface area contributed by atoms with Gasteiger partial charge in [-0.05, 0) is 24.5 Å². The van der Waals surface area contributed by atoms with E-state index in [-0.39, 0.29) is 16.6 Å². The normalized spacial score (nSPS) is 11.2. The number of halogens is 3. The van der Waals surface area contributed by atoms with E-state index in [4.69, 9.17) is 9.72 Å². The molecule has 0 radical (unpaired) electrons. The van der Waals surface area contributed by atoms with Gasteiger partial charge in [0.25, 0.3) is 0 Å². The average Bonchev–Trinajstić information content (AvgIpc) is 3.08. The lowest BCUT2D eigenvalue weighted by Gasteiger charge is -2.14. The minimum Gasteiger partial charge on any atom is -0.425 e. The van der Waals surface area contributed by atoms with Crippen LogP contribution in [0.2, 0.25) is 0 Å². The highest BCUT2D eigenvalue weighted by molar-refractivity contribution is 7.18.